The number of likely N-dealkylation sites (tertiary alicyclic amines) is 2. The highest BCUT2D eigenvalue weighted by Crippen LogP contribution is 2.41. The van der Waals surface area contributed by atoms with Crippen LogP contribution in [0, 0.1) is 17.8 Å². The number of carbonyl (C=O) groups excluding carboxylic acids is 2. The lowest BCUT2D eigenvalue weighted by molar-refractivity contribution is -0.139. The molecule has 0 aromatic carbocycles. The minimum atomic E-state index is 0.0502. The van der Waals surface area contributed by atoms with Crippen LogP contribution in [0.1, 0.15) is 39.5 Å². The van der Waals surface area contributed by atoms with Gasteiger partial charge in [0, 0.05) is 32.8 Å². The SMILES string of the molecule is CCOC1CC1C(=O)N1C[C@@H]2CCCN(C(=O)C3CC3OCC)[C@@H]2C1. The summed E-state index contributed by atoms with van der Waals surface area (Å²) in [6, 6.07) is 0.206. The Hall–Kier alpha value is -1.14. The molecule has 2 aliphatic carbocycles. The number of ether oxygens (including phenoxy) is 2. The van der Waals surface area contributed by atoms with Gasteiger partial charge in [-0.2, -0.15) is 0 Å². The Morgan fingerprint density at radius 2 is 1.60 bits per heavy atom. The van der Waals surface area contributed by atoms with E-state index in [-0.39, 0.29) is 41.9 Å². The number of carbonyl (C=O) groups is 2. The average molecular weight is 350 g/mol. The maximum atomic E-state index is 12.9. The van der Waals surface area contributed by atoms with Gasteiger partial charge in [-0.3, -0.25) is 9.59 Å². The molecule has 6 atom stereocenters. The highest BCUT2D eigenvalue weighted by atomic mass is 16.5. The monoisotopic (exact) mass is 350 g/mol. The van der Waals surface area contributed by atoms with Crippen LogP contribution in [-0.2, 0) is 19.1 Å². The van der Waals surface area contributed by atoms with Crippen molar-refractivity contribution in [1.29, 1.82) is 0 Å². The van der Waals surface area contributed by atoms with E-state index in [2.05, 4.69) is 4.90 Å². The first kappa shape index (κ1) is 17.3. The van der Waals surface area contributed by atoms with E-state index >= 15 is 0 Å². The average Bonchev–Trinajstić information content (AvgIpc) is 3.50. The molecule has 4 unspecified atom stereocenters. The number of piperidine rings is 1. The minimum Gasteiger partial charge on any atom is -0.378 e. The zero-order chi connectivity index (χ0) is 17.6. The summed E-state index contributed by atoms with van der Waals surface area (Å²) in [4.78, 5) is 29.7. The molecule has 2 saturated carbocycles. The number of rotatable bonds is 6. The topological polar surface area (TPSA) is 59.1 Å². The van der Waals surface area contributed by atoms with Gasteiger partial charge in [-0.25, -0.2) is 0 Å². The molecule has 0 radical (unpaired) electrons. The number of nitrogens with zero attached hydrogens (tertiary/aromatic N) is 2. The van der Waals surface area contributed by atoms with Crippen molar-refractivity contribution >= 4 is 11.8 Å². The molecule has 0 bridgehead atoms. The molecule has 2 saturated heterocycles. The summed E-state index contributed by atoms with van der Waals surface area (Å²) < 4.78 is 11.2. The Labute approximate surface area is 149 Å². The first-order chi connectivity index (χ1) is 12.1. The molecule has 0 aromatic heterocycles. The predicted molar refractivity (Wildman–Crippen MR) is 91.8 cm³/mol. The van der Waals surface area contributed by atoms with E-state index in [0.29, 0.717) is 25.7 Å². The Balaban J connectivity index is 1.36. The van der Waals surface area contributed by atoms with Gasteiger partial charge >= 0.3 is 0 Å². The van der Waals surface area contributed by atoms with Crippen LogP contribution in [0.2, 0.25) is 0 Å². The molecular formula is C19H30N2O4. The second-order valence-corrected chi connectivity index (χ2v) is 7.92. The fourth-order valence-electron chi connectivity index (χ4n) is 4.74. The van der Waals surface area contributed by atoms with Gasteiger partial charge in [-0.05, 0) is 45.4 Å². The molecule has 0 aromatic rings. The van der Waals surface area contributed by atoms with Crippen molar-refractivity contribution < 1.29 is 19.1 Å². The summed E-state index contributed by atoms with van der Waals surface area (Å²) in [5.41, 5.74) is 0. The minimum absolute atomic E-state index is 0.0502. The number of fused-ring (bicyclic) bond motifs is 1. The van der Waals surface area contributed by atoms with Crippen molar-refractivity contribution in [3.8, 4) is 0 Å². The van der Waals surface area contributed by atoms with E-state index in [1.807, 2.05) is 18.7 Å². The van der Waals surface area contributed by atoms with Crippen LogP contribution in [0.5, 0.6) is 0 Å². The van der Waals surface area contributed by atoms with Crippen LogP contribution in [0.15, 0.2) is 0 Å². The third-order valence-corrected chi connectivity index (χ3v) is 6.24. The zero-order valence-corrected chi connectivity index (χ0v) is 15.4. The van der Waals surface area contributed by atoms with E-state index < -0.39 is 0 Å². The molecular weight excluding hydrogens is 320 g/mol. The van der Waals surface area contributed by atoms with Gasteiger partial charge < -0.3 is 19.3 Å². The van der Waals surface area contributed by atoms with Crippen molar-refractivity contribution in [2.45, 2.75) is 57.8 Å². The van der Waals surface area contributed by atoms with Gasteiger partial charge in [0.15, 0.2) is 0 Å². The summed E-state index contributed by atoms with van der Waals surface area (Å²) in [5.74, 6) is 1.03. The summed E-state index contributed by atoms with van der Waals surface area (Å²) in [6.07, 6.45) is 4.14. The predicted octanol–water partition coefficient (Wildman–Crippen LogP) is 1.29. The molecule has 4 fully saturated rings. The molecule has 4 rings (SSSR count). The normalized spacial score (nSPS) is 39.3. The first-order valence-electron chi connectivity index (χ1n) is 9.96. The molecule has 25 heavy (non-hydrogen) atoms. The van der Waals surface area contributed by atoms with Crippen LogP contribution in [0.3, 0.4) is 0 Å². The van der Waals surface area contributed by atoms with E-state index in [9.17, 15) is 9.59 Å². The highest BCUT2D eigenvalue weighted by molar-refractivity contribution is 5.84. The number of hydrogen-bond acceptors (Lipinski definition) is 4. The lowest BCUT2D eigenvalue weighted by Crippen LogP contribution is -2.49. The summed E-state index contributed by atoms with van der Waals surface area (Å²) in [6.45, 7) is 7.64. The third kappa shape index (κ3) is 3.31. The van der Waals surface area contributed by atoms with Crippen LogP contribution in [0.25, 0.3) is 0 Å². The fourth-order valence-corrected chi connectivity index (χ4v) is 4.74. The van der Waals surface area contributed by atoms with E-state index in [1.54, 1.807) is 0 Å². The molecule has 2 amide bonds. The van der Waals surface area contributed by atoms with E-state index in [0.717, 1.165) is 38.8 Å². The first-order valence-corrected chi connectivity index (χ1v) is 9.96. The quantitative estimate of drug-likeness (QED) is 0.724. The summed E-state index contributed by atoms with van der Waals surface area (Å²) >= 11 is 0. The maximum Gasteiger partial charge on any atom is 0.228 e. The van der Waals surface area contributed by atoms with Crippen LogP contribution < -0.4 is 0 Å². The summed E-state index contributed by atoms with van der Waals surface area (Å²) in [5, 5.41) is 0. The maximum absolute atomic E-state index is 12.9. The van der Waals surface area contributed by atoms with Gasteiger partial charge in [-0.1, -0.05) is 0 Å². The second-order valence-electron chi connectivity index (χ2n) is 7.92. The van der Waals surface area contributed by atoms with Crippen molar-refractivity contribution in [2.24, 2.45) is 17.8 Å². The second kappa shape index (κ2) is 6.88. The fraction of sp³-hybridized carbons (Fsp3) is 0.895. The highest BCUT2D eigenvalue weighted by Gasteiger charge is 2.52. The van der Waals surface area contributed by atoms with E-state index in [4.69, 9.17) is 9.47 Å². The zero-order valence-electron chi connectivity index (χ0n) is 15.4. The largest absolute Gasteiger partial charge is 0.378 e. The molecule has 2 aliphatic heterocycles. The smallest absolute Gasteiger partial charge is 0.228 e. The molecule has 0 N–H and O–H groups in total. The molecule has 0 spiro atoms. The Morgan fingerprint density at radius 1 is 0.960 bits per heavy atom. The summed E-state index contributed by atoms with van der Waals surface area (Å²) in [7, 11) is 0. The Morgan fingerprint density at radius 3 is 2.24 bits per heavy atom. The van der Waals surface area contributed by atoms with Gasteiger partial charge in [0.2, 0.25) is 11.8 Å². The van der Waals surface area contributed by atoms with Crippen LogP contribution >= 0.6 is 0 Å². The number of hydrogen-bond donors (Lipinski definition) is 0. The standard InChI is InChI=1S/C19H30N2O4/c1-3-24-16-8-13(16)18(22)20-10-12-6-5-7-21(15(12)11-20)19(23)14-9-17(14)25-4-2/h12-17H,3-11H2,1-2H3/t12-,13?,14?,15+,16?,17?/m0/s1. The van der Waals surface area contributed by atoms with Gasteiger partial charge in [0.1, 0.15) is 0 Å². The molecule has 4 aliphatic rings. The van der Waals surface area contributed by atoms with Crippen LogP contribution in [-0.4, -0.2) is 72.7 Å². The molecule has 6 heteroatoms. The molecule has 6 nitrogen and oxygen atoms in total. The Bertz CT molecular complexity index is 540. The molecule has 2 heterocycles. The van der Waals surface area contributed by atoms with Crippen molar-refractivity contribution in [3.63, 3.8) is 0 Å². The van der Waals surface area contributed by atoms with Gasteiger partial charge in [0.25, 0.3) is 0 Å². The van der Waals surface area contributed by atoms with E-state index in [1.165, 1.54) is 0 Å². The van der Waals surface area contributed by atoms with Gasteiger partial charge in [0.05, 0.1) is 30.1 Å². The number of amides is 2. The van der Waals surface area contributed by atoms with Crippen molar-refractivity contribution in [3.05, 3.63) is 0 Å². The van der Waals surface area contributed by atoms with Gasteiger partial charge in [-0.15, -0.1) is 0 Å². The van der Waals surface area contributed by atoms with Crippen molar-refractivity contribution in [1.82, 2.24) is 9.80 Å². The molecule has 140 valence electrons. The third-order valence-electron chi connectivity index (χ3n) is 6.24. The van der Waals surface area contributed by atoms with Crippen LogP contribution in [0.4, 0.5) is 0 Å². The lowest BCUT2D eigenvalue weighted by Gasteiger charge is -2.37. The Kier molecular flexibility index (Phi) is 4.75. The lowest BCUT2D eigenvalue weighted by atomic mass is 9.91. The van der Waals surface area contributed by atoms with Crippen molar-refractivity contribution in [2.75, 3.05) is 32.8 Å².